The molecule has 0 aromatic heterocycles. The van der Waals surface area contributed by atoms with E-state index in [2.05, 4.69) is 6.42 Å². The van der Waals surface area contributed by atoms with Gasteiger partial charge in [-0.05, 0) is 25.2 Å². The molecule has 0 aromatic carbocycles. The summed E-state index contributed by atoms with van der Waals surface area (Å²) in [6, 6.07) is 0. The van der Waals surface area contributed by atoms with E-state index in [1.165, 1.54) is 12.8 Å². The van der Waals surface area contributed by atoms with Crippen LogP contribution in [0, 0.1) is 12.3 Å². The Morgan fingerprint density at radius 1 is 1.57 bits per heavy atom. The number of rotatable bonds is 0. The van der Waals surface area contributed by atoms with E-state index < -0.39 is 0 Å². The normalized spacial score (nSPS) is 48.0. The molecule has 0 spiro atoms. The Labute approximate surface area is 43.7 Å². The summed E-state index contributed by atoms with van der Waals surface area (Å²) in [5.74, 6) is 0.917. The molecule has 0 amide bonds. The van der Waals surface area contributed by atoms with Crippen LogP contribution >= 0.6 is 0 Å². The Morgan fingerprint density at radius 2 is 2.57 bits per heavy atom. The molecule has 2 unspecified atom stereocenters. The van der Waals surface area contributed by atoms with E-state index in [1.54, 1.807) is 0 Å². The van der Waals surface area contributed by atoms with Crippen molar-refractivity contribution in [3.8, 4) is 0 Å². The third-order valence-electron chi connectivity index (χ3n) is 1.93. The molecule has 1 heterocycles. The summed E-state index contributed by atoms with van der Waals surface area (Å²) in [7, 11) is 0. The summed E-state index contributed by atoms with van der Waals surface area (Å²) in [6.07, 6.45) is 5.45. The smallest absolute Gasteiger partial charge is 0.0636 e. The van der Waals surface area contributed by atoms with Gasteiger partial charge in [-0.25, -0.2) is 0 Å². The van der Waals surface area contributed by atoms with E-state index in [4.69, 9.17) is 4.74 Å². The van der Waals surface area contributed by atoms with Crippen molar-refractivity contribution < 1.29 is 4.74 Å². The average molecular weight is 97.1 g/mol. The fraction of sp³-hybridized carbons (Fsp3) is 0.833. The molecule has 2 fully saturated rings. The molecule has 2 atom stereocenters. The minimum Gasteiger partial charge on any atom is -0.378 e. The molecule has 2 rings (SSSR count). The van der Waals surface area contributed by atoms with Crippen molar-refractivity contribution >= 4 is 0 Å². The highest BCUT2D eigenvalue weighted by Crippen LogP contribution is 2.36. The highest BCUT2D eigenvalue weighted by atomic mass is 16.5. The number of hydrogen-bond acceptors (Lipinski definition) is 1. The first-order valence-electron chi connectivity index (χ1n) is 2.92. The lowest BCUT2D eigenvalue weighted by Crippen LogP contribution is -2.27. The SMILES string of the molecule is [CH]1CC2CCOC12. The van der Waals surface area contributed by atoms with Crippen LogP contribution in [0.1, 0.15) is 12.8 Å². The second-order valence-corrected chi connectivity index (χ2v) is 2.36. The zero-order valence-electron chi connectivity index (χ0n) is 4.26. The first kappa shape index (κ1) is 3.90. The van der Waals surface area contributed by atoms with Gasteiger partial charge in [-0.15, -0.1) is 0 Å². The Kier molecular flexibility index (Phi) is 0.680. The van der Waals surface area contributed by atoms with Crippen molar-refractivity contribution in [1.82, 2.24) is 0 Å². The van der Waals surface area contributed by atoms with Gasteiger partial charge in [-0.3, -0.25) is 0 Å². The van der Waals surface area contributed by atoms with Crippen LogP contribution in [0.5, 0.6) is 0 Å². The second kappa shape index (κ2) is 1.22. The van der Waals surface area contributed by atoms with E-state index in [1.807, 2.05) is 0 Å². The van der Waals surface area contributed by atoms with Crippen molar-refractivity contribution in [3.63, 3.8) is 0 Å². The minimum absolute atomic E-state index is 0.569. The molecule has 1 radical (unpaired) electrons. The van der Waals surface area contributed by atoms with Crippen LogP contribution in [0.25, 0.3) is 0 Å². The molecular formula is C6H9O. The molecule has 1 saturated heterocycles. The maximum atomic E-state index is 5.30. The fourth-order valence-electron chi connectivity index (χ4n) is 1.28. The molecule has 1 nitrogen and oxygen atoms in total. The van der Waals surface area contributed by atoms with Gasteiger partial charge >= 0.3 is 0 Å². The van der Waals surface area contributed by atoms with Crippen LogP contribution in [0.3, 0.4) is 0 Å². The van der Waals surface area contributed by atoms with Crippen LogP contribution in [-0.4, -0.2) is 12.7 Å². The Balaban J connectivity index is 2.03. The predicted octanol–water partition coefficient (Wildman–Crippen LogP) is 0.999. The van der Waals surface area contributed by atoms with E-state index in [9.17, 15) is 0 Å². The zero-order chi connectivity index (χ0) is 4.69. The van der Waals surface area contributed by atoms with Gasteiger partial charge in [0.25, 0.3) is 0 Å². The summed E-state index contributed by atoms with van der Waals surface area (Å²) in [5.41, 5.74) is 0. The third kappa shape index (κ3) is 0.418. The average Bonchev–Trinajstić information content (AvgIpc) is 1.85. The van der Waals surface area contributed by atoms with Crippen LogP contribution < -0.4 is 0 Å². The molecule has 0 N–H and O–H groups in total. The molecule has 1 aliphatic carbocycles. The third-order valence-corrected chi connectivity index (χ3v) is 1.93. The van der Waals surface area contributed by atoms with Gasteiger partial charge in [0.1, 0.15) is 0 Å². The first-order chi connectivity index (χ1) is 3.47. The van der Waals surface area contributed by atoms with E-state index in [-0.39, 0.29) is 0 Å². The summed E-state index contributed by atoms with van der Waals surface area (Å²) < 4.78 is 5.30. The van der Waals surface area contributed by atoms with Crippen molar-refractivity contribution in [2.45, 2.75) is 18.9 Å². The number of fused-ring (bicyclic) bond motifs is 1. The molecule has 1 heteroatoms. The molecule has 0 aromatic rings. The largest absolute Gasteiger partial charge is 0.378 e. The number of hydrogen-bond donors (Lipinski definition) is 0. The quantitative estimate of drug-likeness (QED) is 0.438. The summed E-state index contributed by atoms with van der Waals surface area (Å²) >= 11 is 0. The lowest BCUT2D eigenvalue weighted by atomic mass is 9.82. The van der Waals surface area contributed by atoms with Crippen LogP contribution in [0.4, 0.5) is 0 Å². The highest BCUT2D eigenvalue weighted by molar-refractivity contribution is 4.99. The predicted molar refractivity (Wildman–Crippen MR) is 26.8 cm³/mol. The molecule has 1 saturated carbocycles. The molecule has 1 aliphatic heterocycles. The summed E-state index contributed by atoms with van der Waals surface area (Å²) in [4.78, 5) is 0. The van der Waals surface area contributed by atoms with Gasteiger partial charge in [-0.2, -0.15) is 0 Å². The lowest BCUT2D eigenvalue weighted by molar-refractivity contribution is 0.0804. The van der Waals surface area contributed by atoms with Gasteiger partial charge in [0.05, 0.1) is 6.10 Å². The molecule has 2 aliphatic rings. The van der Waals surface area contributed by atoms with Crippen molar-refractivity contribution in [1.29, 1.82) is 0 Å². The topological polar surface area (TPSA) is 9.23 Å². The molecule has 39 valence electrons. The molecular weight excluding hydrogens is 88.1 g/mol. The highest BCUT2D eigenvalue weighted by Gasteiger charge is 2.35. The summed E-state index contributed by atoms with van der Waals surface area (Å²) in [6.45, 7) is 1.01. The standard InChI is InChI=1S/C6H9O/c1-2-6-5(1)3-4-7-6/h2,5-6H,1,3-4H2. The maximum Gasteiger partial charge on any atom is 0.0636 e. The Bertz CT molecular complexity index is 70.2. The lowest BCUT2D eigenvalue weighted by Gasteiger charge is -2.27. The Hall–Kier alpha value is -0.0400. The van der Waals surface area contributed by atoms with Gasteiger partial charge < -0.3 is 4.74 Å². The zero-order valence-corrected chi connectivity index (χ0v) is 4.26. The summed E-state index contributed by atoms with van der Waals surface area (Å²) in [5, 5.41) is 0. The van der Waals surface area contributed by atoms with Crippen LogP contribution in [0.2, 0.25) is 0 Å². The molecule has 0 bridgehead atoms. The van der Waals surface area contributed by atoms with Gasteiger partial charge in [0, 0.05) is 6.61 Å². The minimum atomic E-state index is 0.569. The van der Waals surface area contributed by atoms with E-state index in [0.29, 0.717) is 6.10 Å². The van der Waals surface area contributed by atoms with Crippen molar-refractivity contribution in [3.05, 3.63) is 6.42 Å². The first-order valence-corrected chi connectivity index (χ1v) is 2.92. The second-order valence-electron chi connectivity index (χ2n) is 2.36. The van der Waals surface area contributed by atoms with Crippen LogP contribution in [-0.2, 0) is 4.74 Å². The van der Waals surface area contributed by atoms with Crippen molar-refractivity contribution in [2.24, 2.45) is 5.92 Å². The van der Waals surface area contributed by atoms with Gasteiger partial charge in [-0.1, -0.05) is 0 Å². The monoisotopic (exact) mass is 97.1 g/mol. The molecule has 7 heavy (non-hydrogen) atoms. The van der Waals surface area contributed by atoms with E-state index >= 15 is 0 Å². The van der Waals surface area contributed by atoms with Gasteiger partial charge in [0.15, 0.2) is 0 Å². The van der Waals surface area contributed by atoms with Crippen LogP contribution in [0.15, 0.2) is 0 Å². The number of ether oxygens (including phenoxy) is 1. The fourth-order valence-corrected chi connectivity index (χ4v) is 1.28. The van der Waals surface area contributed by atoms with Gasteiger partial charge in [0.2, 0.25) is 0 Å². The van der Waals surface area contributed by atoms with E-state index in [0.717, 1.165) is 12.5 Å². The maximum absolute atomic E-state index is 5.30. The Morgan fingerprint density at radius 3 is 2.86 bits per heavy atom. The van der Waals surface area contributed by atoms with Crippen molar-refractivity contribution in [2.75, 3.05) is 6.61 Å².